The monoisotopic (exact) mass is 378 g/mol. The molecule has 1 heteroatoms. The van der Waals surface area contributed by atoms with E-state index < -0.39 is 0 Å². The minimum Gasteiger partial charge on any atom is -0.496 e. The molecule has 1 aliphatic rings. The van der Waals surface area contributed by atoms with E-state index in [4.69, 9.17) is 4.74 Å². The van der Waals surface area contributed by atoms with Crippen LogP contribution >= 0.6 is 0 Å². The zero-order valence-corrected chi connectivity index (χ0v) is 18.7. The summed E-state index contributed by atoms with van der Waals surface area (Å²) in [4.78, 5) is 0. The molecule has 1 aliphatic carbocycles. The van der Waals surface area contributed by atoms with Gasteiger partial charge in [-0.1, -0.05) is 116 Å². The Labute approximate surface area is 171 Å². The predicted molar refractivity (Wildman–Crippen MR) is 121 cm³/mol. The Kier molecular flexibility index (Phi) is 16.0. The van der Waals surface area contributed by atoms with Gasteiger partial charge in [-0.2, -0.15) is 0 Å². The van der Waals surface area contributed by atoms with Crippen LogP contribution in [0.15, 0.2) is 12.8 Å². The first-order valence-electron chi connectivity index (χ1n) is 12.6. The lowest BCUT2D eigenvalue weighted by Gasteiger charge is -2.36. The van der Waals surface area contributed by atoms with Crippen LogP contribution in [0.25, 0.3) is 0 Å². The third kappa shape index (κ3) is 13.4. The molecule has 0 saturated heterocycles. The van der Waals surface area contributed by atoms with Crippen molar-refractivity contribution >= 4 is 0 Å². The average Bonchev–Trinajstić information content (AvgIpc) is 2.68. The Bertz CT molecular complexity index is 316. The van der Waals surface area contributed by atoms with Gasteiger partial charge in [-0.25, -0.2) is 0 Å². The van der Waals surface area contributed by atoms with Crippen molar-refractivity contribution in [2.75, 3.05) is 0 Å². The molecular weight excluding hydrogens is 328 g/mol. The normalized spacial score (nSPS) is 16.3. The van der Waals surface area contributed by atoms with Crippen molar-refractivity contribution in [1.82, 2.24) is 0 Å². The number of hydrogen-bond donors (Lipinski definition) is 0. The molecule has 1 fully saturated rings. The lowest BCUT2D eigenvalue weighted by atomic mass is 9.81. The summed E-state index contributed by atoms with van der Waals surface area (Å²) < 4.78 is 5.96. The zero-order chi connectivity index (χ0) is 19.5. The van der Waals surface area contributed by atoms with E-state index in [-0.39, 0.29) is 5.60 Å². The molecule has 0 aromatic heterocycles. The van der Waals surface area contributed by atoms with E-state index in [0.717, 1.165) is 0 Å². The van der Waals surface area contributed by atoms with Crippen molar-refractivity contribution in [3.8, 4) is 0 Å². The van der Waals surface area contributed by atoms with E-state index in [9.17, 15) is 0 Å². The Morgan fingerprint density at radius 1 is 0.630 bits per heavy atom. The van der Waals surface area contributed by atoms with Crippen LogP contribution in [0.3, 0.4) is 0 Å². The summed E-state index contributed by atoms with van der Waals surface area (Å²) >= 11 is 0. The molecule has 0 unspecified atom stereocenters. The summed E-state index contributed by atoms with van der Waals surface area (Å²) in [6.07, 6.45) is 32.5. The second-order valence-corrected chi connectivity index (χ2v) is 9.08. The van der Waals surface area contributed by atoms with Crippen molar-refractivity contribution in [3.63, 3.8) is 0 Å². The van der Waals surface area contributed by atoms with Gasteiger partial charge in [-0.3, -0.25) is 0 Å². The molecule has 0 atom stereocenters. The largest absolute Gasteiger partial charge is 0.496 e. The van der Waals surface area contributed by atoms with E-state index in [0.29, 0.717) is 0 Å². The van der Waals surface area contributed by atoms with Crippen LogP contribution in [-0.4, -0.2) is 5.60 Å². The van der Waals surface area contributed by atoms with Gasteiger partial charge < -0.3 is 4.74 Å². The summed E-state index contributed by atoms with van der Waals surface area (Å²) in [5, 5.41) is 0. The van der Waals surface area contributed by atoms with Gasteiger partial charge in [-0.15, -0.1) is 0 Å². The molecule has 0 radical (unpaired) electrons. The molecule has 1 saturated carbocycles. The molecule has 1 nitrogen and oxygen atoms in total. The minimum absolute atomic E-state index is 0.149. The smallest absolute Gasteiger partial charge is 0.108 e. The SMILES string of the molecule is C=COC1(CCCCCCCCCCCCCCCCCC)CCCCC1. The van der Waals surface area contributed by atoms with Gasteiger partial charge in [0.25, 0.3) is 0 Å². The zero-order valence-electron chi connectivity index (χ0n) is 18.7. The van der Waals surface area contributed by atoms with Crippen LogP contribution in [0.1, 0.15) is 148 Å². The highest BCUT2D eigenvalue weighted by Crippen LogP contribution is 2.36. The van der Waals surface area contributed by atoms with Crippen LogP contribution < -0.4 is 0 Å². The maximum Gasteiger partial charge on any atom is 0.108 e. The maximum atomic E-state index is 5.96. The molecule has 0 aromatic carbocycles. The van der Waals surface area contributed by atoms with E-state index in [1.165, 1.54) is 141 Å². The van der Waals surface area contributed by atoms with Crippen molar-refractivity contribution in [2.45, 2.75) is 154 Å². The van der Waals surface area contributed by atoms with Crippen LogP contribution in [0.2, 0.25) is 0 Å². The highest BCUT2D eigenvalue weighted by Gasteiger charge is 2.32. The van der Waals surface area contributed by atoms with Gasteiger partial charge in [0.1, 0.15) is 5.60 Å². The average molecular weight is 379 g/mol. The molecule has 0 amide bonds. The van der Waals surface area contributed by atoms with Gasteiger partial charge in [0, 0.05) is 0 Å². The highest BCUT2D eigenvalue weighted by molar-refractivity contribution is 4.86. The van der Waals surface area contributed by atoms with Gasteiger partial charge >= 0.3 is 0 Å². The lowest BCUT2D eigenvalue weighted by Crippen LogP contribution is -2.33. The number of unbranched alkanes of at least 4 members (excludes halogenated alkanes) is 15. The molecule has 0 aliphatic heterocycles. The molecule has 0 N–H and O–H groups in total. The lowest BCUT2D eigenvalue weighted by molar-refractivity contribution is -0.0198. The van der Waals surface area contributed by atoms with Gasteiger partial charge in [0.15, 0.2) is 0 Å². The Hall–Kier alpha value is -0.460. The molecule has 0 spiro atoms. The third-order valence-corrected chi connectivity index (χ3v) is 6.58. The molecule has 1 rings (SSSR count). The topological polar surface area (TPSA) is 9.23 Å². The first-order valence-corrected chi connectivity index (χ1v) is 12.6. The second kappa shape index (κ2) is 17.6. The van der Waals surface area contributed by atoms with Crippen molar-refractivity contribution in [1.29, 1.82) is 0 Å². The number of ether oxygens (including phenoxy) is 1. The van der Waals surface area contributed by atoms with Crippen molar-refractivity contribution in [2.24, 2.45) is 0 Å². The van der Waals surface area contributed by atoms with Crippen LogP contribution in [0, 0.1) is 0 Å². The fourth-order valence-electron chi connectivity index (χ4n) is 4.79. The highest BCUT2D eigenvalue weighted by atomic mass is 16.5. The summed E-state index contributed by atoms with van der Waals surface area (Å²) in [5.41, 5.74) is 0.149. The van der Waals surface area contributed by atoms with E-state index in [1.807, 2.05) is 0 Å². The summed E-state index contributed by atoms with van der Waals surface area (Å²) in [6.45, 7) is 6.10. The van der Waals surface area contributed by atoms with Gasteiger partial charge in [-0.05, 0) is 38.5 Å². The first-order chi connectivity index (χ1) is 13.3. The fraction of sp³-hybridized carbons (Fsp3) is 0.923. The fourth-order valence-corrected chi connectivity index (χ4v) is 4.79. The van der Waals surface area contributed by atoms with E-state index in [2.05, 4.69) is 13.5 Å². The summed E-state index contributed by atoms with van der Waals surface area (Å²) in [7, 11) is 0. The van der Waals surface area contributed by atoms with Crippen LogP contribution in [0.4, 0.5) is 0 Å². The molecule has 0 heterocycles. The second-order valence-electron chi connectivity index (χ2n) is 9.08. The Balaban J connectivity index is 1.81. The van der Waals surface area contributed by atoms with Crippen LogP contribution in [0.5, 0.6) is 0 Å². The maximum absolute atomic E-state index is 5.96. The Morgan fingerprint density at radius 3 is 1.44 bits per heavy atom. The van der Waals surface area contributed by atoms with Gasteiger partial charge in [0.05, 0.1) is 6.26 Å². The third-order valence-electron chi connectivity index (χ3n) is 6.58. The van der Waals surface area contributed by atoms with E-state index >= 15 is 0 Å². The van der Waals surface area contributed by atoms with Crippen molar-refractivity contribution in [3.05, 3.63) is 12.8 Å². The standard InChI is InChI=1S/C26H50O/c1-3-5-6-7-8-9-10-11-12-13-14-15-16-17-18-20-23-26(27-4-2)24-21-19-22-25-26/h4H,2-3,5-25H2,1H3. The molecule has 160 valence electrons. The molecule has 27 heavy (non-hydrogen) atoms. The summed E-state index contributed by atoms with van der Waals surface area (Å²) in [5.74, 6) is 0. The quantitative estimate of drug-likeness (QED) is 0.160. The summed E-state index contributed by atoms with van der Waals surface area (Å²) in [6, 6.07) is 0. The van der Waals surface area contributed by atoms with Crippen molar-refractivity contribution < 1.29 is 4.74 Å². The molecule has 0 aromatic rings. The number of rotatable bonds is 19. The molecule has 0 bridgehead atoms. The first kappa shape index (κ1) is 24.6. The predicted octanol–water partition coefficient (Wildman–Crippen LogP) is 9.50. The molecular formula is C26H50O. The van der Waals surface area contributed by atoms with E-state index in [1.54, 1.807) is 6.26 Å². The number of hydrogen-bond acceptors (Lipinski definition) is 1. The minimum atomic E-state index is 0.149. The van der Waals surface area contributed by atoms with Gasteiger partial charge in [0.2, 0.25) is 0 Å². The Morgan fingerprint density at radius 2 is 1.04 bits per heavy atom. The van der Waals surface area contributed by atoms with Crippen LogP contribution in [-0.2, 0) is 4.74 Å².